The summed E-state index contributed by atoms with van der Waals surface area (Å²) in [6.45, 7) is 2.70. The lowest BCUT2D eigenvalue weighted by Gasteiger charge is -2.29. The van der Waals surface area contributed by atoms with E-state index in [1.807, 2.05) is 0 Å². The van der Waals surface area contributed by atoms with Gasteiger partial charge in [-0.25, -0.2) is 4.39 Å². The van der Waals surface area contributed by atoms with Gasteiger partial charge in [0.15, 0.2) is 0 Å². The number of benzene rings is 1. The van der Waals surface area contributed by atoms with Crippen LogP contribution in [0.15, 0.2) is 18.2 Å². The van der Waals surface area contributed by atoms with Crippen molar-refractivity contribution >= 4 is 23.4 Å². The Hall–Kier alpha value is -1.66. The smallest absolute Gasteiger partial charge is 0.255 e. The van der Waals surface area contributed by atoms with Crippen LogP contribution in [0.3, 0.4) is 0 Å². The van der Waals surface area contributed by atoms with Gasteiger partial charge in [0.2, 0.25) is 5.91 Å². The Balaban J connectivity index is 2.02. The average molecular weight is 314 g/mol. The van der Waals surface area contributed by atoms with Gasteiger partial charge in [-0.2, -0.15) is 0 Å². The highest BCUT2D eigenvalue weighted by molar-refractivity contribution is 6.34. The molecule has 0 aromatic heterocycles. The molecular weight excluding hydrogens is 297 g/mol. The van der Waals surface area contributed by atoms with E-state index in [2.05, 4.69) is 5.32 Å². The maximum Gasteiger partial charge on any atom is 0.255 e. The number of likely N-dealkylation sites (N-methyl/N-ethyl adjacent to an activating group) is 1. The second-order valence-corrected chi connectivity index (χ2v) is 5.27. The Morgan fingerprint density at radius 1 is 1.38 bits per heavy atom. The molecule has 1 fully saturated rings. The molecule has 1 aliphatic heterocycles. The Labute approximate surface area is 127 Å². The van der Waals surface area contributed by atoms with Gasteiger partial charge >= 0.3 is 0 Å². The molecule has 7 heteroatoms. The van der Waals surface area contributed by atoms with Crippen LogP contribution in [0.1, 0.15) is 10.4 Å². The van der Waals surface area contributed by atoms with E-state index in [0.717, 1.165) is 13.1 Å². The van der Waals surface area contributed by atoms with Crippen molar-refractivity contribution in [3.8, 4) is 0 Å². The molecular formula is C14H17ClFN3O2. The highest BCUT2D eigenvalue weighted by Crippen LogP contribution is 2.20. The minimum absolute atomic E-state index is 0.0499. The summed E-state index contributed by atoms with van der Waals surface area (Å²) in [6.07, 6.45) is 0. The molecule has 0 aliphatic carbocycles. The Morgan fingerprint density at radius 3 is 2.71 bits per heavy atom. The second-order valence-electron chi connectivity index (χ2n) is 4.89. The third kappa shape index (κ3) is 3.71. The average Bonchev–Trinajstić information content (AvgIpc) is 2.50. The van der Waals surface area contributed by atoms with Crippen LogP contribution >= 0.6 is 11.6 Å². The van der Waals surface area contributed by atoms with Crippen LogP contribution in [0.5, 0.6) is 0 Å². The Kier molecular flexibility index (Phi) is 5.14. The van der Waals surface area contributed by atoms with Crippen LogP contribution in [0.4, 0.5) is 4.39 Å². The van der Waals surface area contributed by atoms with Crippen molar-refractivity contribution in [2.45, 2.75) is 0 Å². The number of piperazine rings is 1. The normalized spacial score (nSPS) is 14.9. The van der Waals surface area contributed by atoms with Crippen molar-refractivity contribution in [3.63, 3.8) is 0 Å². The van der Waals surface area contributed by atoms with Gasteiger partial charge in [0.1, 0.15) is 5.82 Å². The molecule has 2 rings (SSSR count). The molecule has 1 heterocycles. The maximum atomic E-state index is 13.4. The zero-order valence-corrected chi connectivity index (χ0v) is 12.5. The molecule has 1 aromatic rings. The first-order valence-electron chi connectivity index (χ1n) is 6.68. The van der Waals surface area contributed by atoms with Gasteiger partial charge in [0.05, 0.1) is 17.1 Å². The fourth-order valence-electron chi connectivity index (χ4n) is 2.16. The number of rotatable bonds is 3. The molecule has 1 aromatic carbocycles. The molecule has 0 saturated carbocycles. The van der Waals surface area contributed by atoms with E-state index in [1.165, 1.54) is 30.1 Å². The van der Waals surface area contributed by atoms with E-state index < -0.39 is 11.7 Å². The van der Waals surface area contributed by atoms with Gasteiger partial charge in [-0.1, -0.05) is 17.7 Å². The van der Waals surface area contributed by atoms with Crippen molar-refractivity contribution in [2.75, 3.05) is 39.8 Å². The SMILES string of the molecule is CN(CC(=O)N1CCNCC1)C(=O)c1cccc(F)c1Cl. The number of hydrogen-bond acceptors (Lipinski definition) is 3. The van der Waals surface area contributed by atoms with Crippen molar-refractivity contribution in [1.29, 1.82) is 0 Å². The molecule has 1 N–H and O–H groups in total. The first kappa shape index (κ1) is 15.7. The van der Waals surface area contributed by atoms with Crippen molar-refractivity contribution in [3.05, 3.63) is 34.6 Å². The zero-order chi connectivity index (χ0) is 15.4. The highest BCUT2D eigenvalue weighted by atomic mass is 35.5. The topological polar surface area (TPSA) is 52.7 Å². The summed E-state index contributed by atoms with van der Waals surface area (Å²) >= 11 is 5.79. The molecule has 0 radical (unpaired) electrons. The van der Waals surface area contributed by atoms with Gasteiger partial charge in [0, 0.05) is 33.2 Å². The van der Waals surface area contributed by atoms with Crippen LogP contribution in [0, 0.1) is 5.82 Å². The van der Waals surface area contributed by atoms with Crippen LogP contribution in [-0.4, -0.2) is 61.4 Å². The molecule has 2 amide bonds. The van der Waals surface area contributed by atoms with Gasteiger partial charge < -0.3 is 15.1 Å². The highest BCUT2D eigenvalue weighted by Gasteiger charge is 2.22. The van der Waals surface area contributed by atoms with Crippen molar-refractivity contribution < 1.29 is 14.0 Å². The first-order valence-corrected chi connectivity index (χ1v) is 7.06. The maximum absolute atomic E-state index is 13.4. The van der Waals surface area contributed by atoms with Crippen molar-refractivity contribution in [2.24, 2.45) is 0 Å². The number of amides is 2. The number of hydrogen-bond donors (Lipinski definition) is 1. The largest absolute Gasteiger partial charge is 0.339 e. The lowest BCUT2D eigenvalue weighted by molar-refractivity contribution is -0.132. The van der Waals surface area contributed by atoms with Crippen LogP contribution in [0.25, 0.3) is 0 Å². The molecule has 114 valence electrons. The zero-order valence-electron chi connectivity index (χ0n) is 11.7. The van der Waals surface area contributed by atoms with E-state index in [1.54, 1.807) is 4.90 Å². The molecule has 1 aliphatic rings. The van der Waals surface area contributed by atoms with E-state index in [-0.39, 0.29) is 23.0 Å². The standard InChI is InChI=1S/C14H17ClFN3O2/c1-18(9-12(20)19-7-5-17-6-8-19)14(21)10-3-2-4-11(16)13(10)15/h2-4,17H,5-9H2,1H3. The lowest BCUT2D eigenvalue weighted by Crippen LogP contribution is -2.49. The third-order valence-electron chi connectivity index (χ3n) is 3.37. The summed E-state index contributed by atoms with van der Waals surface area (Å²) in [5.41, 5.74) is 0.0623. The summed E-state index contributed by atoms with van der Waals surface area (Å²) in [7, 11) is 1.50. The summed E-state index contributed by atoms with van der Waals surface area (Å²) in [5, 5.41) is 2.93. The molecule has 0 spiro atoms. The number of carbonyl (C=O) groups is 2. The predicted molar refractivity (Wildman–Crippen MR) is 77.8 cm³/mol. The number of carbonyl (C=O) groups excluding carboxylic acids is 2. The minimum Gasteiger partial charge on any atom is -0.339 e. The van der Waals surface area contributed by atoms with Gasteiger partial charge in [-0.15, -0.1) is 0 Å². The fraction of sp³-hybridized carbons (Fsp3) is 0.429. The molecule has 0 unspecified atom stereocenters. The Bertz CT molecular complexity index is 547. The number of nitrogens with one attached hydrogen (secondary N) is 1. The lowest BCUT2D eigenvalue weighted by atomic mass is 10.2. The van der Waals surface area contributed by atoms with Crippen molar-refractivity contribution in [1.82, 2.24) is 15.1 Å². The van der Waals surface area contributed by atoms with Crippen LogP contribution in [0.2, 0.25) is 5.02 Å². The van der Waals surface area contributed by atoms with Gasteiger partial charge in [0.25, 0.3) is 5.91 Å². The molecule has 1 saturated heterocycles. The van der Waals surface area contributed by atoms with E-state index in [4.69, 9.17) is 11.6 Å². The molecule has 5 nitrogen and oxygen atoms in total. The summed E-state index contributed by atoms with van der Waals surface area (Å²) in [6, 6.07) is 4.05. The molecule has 0 atom stereocenters. The summed E-state index contributed by atoms with van der Waals surface area (Å²) < 4.78 is 13.4. The van der Waals surface area contributed by atoms with E-state index >= 15 is 0 Å². The number of nitrogens with zero attached hydrogens (tertiary/aromatic N) is 2. The fourth-order valence-corrected chi connectivity index (χ4v) is 2.37. The molecule has 0 bridgehead atoms. The van der Waals surface area contributed by atoms with Crippen LogP contribution in [-0.2, 0) is 4.79 Å². The van der Waals surface area contributed by atoms with Gasteiger partial charge in [-0.05, 0) is 12.1 Å². The van der Waals surface area contributed by atoms with Crippen LogP contribution < -0.4 is 5.32 Å². The second kappa shape index (κ2) is 6.87. The predicted octanol–water partition coefficient (Wildman–Crippen LogP) is 0.983. The number of halogens is 2. The summed E-state index contributed by atoms with van der Waals surface area (Å²) in [4.78, 5) is 27.3. The van der Waals surface area contributed by atoms with Gasteiger partial charge in [-0.3, -0.25) is 9.59 Å². The van der Waals surface area contributed by atoms with E-state index in [9.17, 15) is 14.0 Å². The molecule has 21 heavy (non-hydrogen) atoms. The first-order chi connectivity index (χ1) is 10.0. The third-order valence-corrected chi connectivity index (χ3v) is 3.75. The Morgan fingerprint density at radius 2 is 2.05 bits per heavy atom. The van der Waals surface area contributed by atoms with E-state index in [0.29, 0.717) is 13.1 Å². The monoisotopic (exact) mass is 313 g/mol. The minimum atomic E-state index is -0.649. The quantitative estimate of drug-likeness (QED) is 0.905. The summed E-state index contributed by atoms with van der Waals surface area (Å²) in [5.74, 6) is -1.24.